The van der Waals surface area contributed by atoms with E-state index in [9.17, 15) is 29.8 Å². The Morgan fingerprint density at radius 2 is 1.21 bits per heavy atom. The van der Waals surface area contributed by atoms with Gasteiger partial charge in [0.25, 0.3) is 11.4 Å². The molecule has 3 aromatic rings. The minimum Gasteiger partial charge on any atom is -0.456 e. The van der Waals surface area contributed by atoms with Crippen LogP contribution >= 0.6 is 0 Å². The molecular formula is C33H40BN3O10. The van der Waals surface area contributed by atoms with Gasteiger partial charge in [0.2, 0.25) is 0 Å². The Bertz CT molecular complexity index is 1650. The van der Waals surface area contributed by atoms with Crippen LogP contribution < -0.4 is 5.46 Å². The smallest absolute Gasteiger partial charge is 0.456 e. The van der Waals surface area contributed by atoms with Gasteiger partial charge in [-0.3, -0.25) is 25.2 Å². The van der Waals surface area contributed by atoms with Gasteiger partial charge in [-0.2, -0.15) is 0 Å². The molecule has 0 unspecified atom stereocenters. The Morgan fingerprint density at radius 1 is 0.745 bits per heavy atom. The number of nitro groups is 2. The fourth-order valence-electron chi connectivity index (χ4n) is 4.21. The number of nitrogens with zero attached hydrogens (tertiary/aromatic N) is 3. The molecule has 1 saturated heterocycles. The van der Waals surface area contributed by atoms with Crippen molar-refractivity contribution in [1.82, 2.24) is 4.98 Å². The molecule has 2 aromatic carbocycles. The Balaban J connectivity index is 0.000000257. The number of hydrogen-bond acceptors (Lipinski definition) is 11. The summed E-state index contributed by atoms with van der Waals surface area (Å²) in [7, 11) is -0.739. The van der Waals surface area contributed by atoms with Gasteiger partial charge in [0.05, 0.1) is 26.7 Å². The summed E-state index contributed by atoms with van der Waals surface area (Å²) in [5.74, 6) is -1.45. The molecule has 0 saturated carbocycles. The van der Waals surface area contributed by atoms with E-state index < -0.39 is 51.3 Å². The van der Waals surface area contributed by atoms with Crippen LogP contribution in [0.3, 0.4) is 0 Å². The molecule has 1 aromatic heterocycles. The monoisotopic (exact) mass is 649 g/mol. The van der Waals surface area contributed by atoms with E-state index in [1.54, 1.807) is 78.1 Å². The standard InChI is InChI=1S/C17H24BNO6.C16H16N2O4/c1-15(2,3)23-14(20)12-9-8-11(10-13(12)19(21)22)18-24-16(4,5)17(6,7)25-18;1-16(2,3)22-15(19)12-8-7-11(10-14(12)18(20)21)13-6-4-5-9-17-13/h8-10H,1-7H3;4-10H,1-3H3. The van der Waals surface area contributed by atoms with E-state index in [0.29, 0.717) is 16.7 Å². The lowest BCUT2D eigenvalue weighted by Crippen LogP contribution is -2.41. The molecule has 4 rings (SSSR count). The highest BCUT2D eigenvalue weighted by Crippen LogP contribution is 2.37. The topological polar surface area (TPSA) is 170 Å². The third-order valence-electron chi connectivity index (χ3n) is 7.14. The molecule has 0 atom stereocenters. The van der Waals surface area contributed by atoms with E-state index >= 15 is 0 Å². The first-order chi connectivity index (χ1) is 21.5. The zero-order chi connectivity index (χ0) is 35.5. The molecule has 1 aliphatic heterocycles. The van der Waals surface area contributed by atoms with Crippen molar-refractivity contribution in [1.29, 1.82) is 0 Å². The molecule has 1 fully saturated rings. The van der Waals surface area contributed by atoms with Crippen LogP contribution in [0.15, 0.2) is 60.8 Å². The highest BCUT2D eigenvalue weighted by Gasteiger charge is 2.52. The molecule has 0 N–H and O–H groups in total. The number of benzene rings is 2. The van der Waals surface area contributed by atoms with Gasteiger partial charge in [-0.15, -0.1) is 0 Å². The number of rotatable bonds is 6. The van der Waals surface area contributed by atoms with Crippen LogP contribution in [0, 0.1) is 20.2 Å². The molecule has 2 heterocycles. The highest BCUT2D eigenvalue weighted by atomic mass is 16.7. The second-order valence-corrected chi connectivity index (χ2v) is 13.8. The Labute approximate surface area is 274 Å². The minimum absolute atomic E-state index is 0.0698. The van der Waals surface area contributed by atoms with Crippen LogP contribution in [0.1, 0.15) is 90.0 Å². The maximum atomic E-state index is 12.2. The van der Waals surface area contributed by atoms with Crippen molar-refractivity contribution < 1.29 is 38.2 Å². The van der Waals surface area contributed by atoms with E-state index in [1.807, 2.05) is 27.7 Å². The number of esters is 2. The number of nitro benzene ring substituents is 2. The zero-order valence-electron chi connectivity index (χ0n) is 28.3. The van der Waals surface area contributed by atoms with Crippen molar-refractivity contribution in [2.75, 3.05) is 0 Å². The highest BCUT2D eigenvalue weighted by molar-refractivity contribution is 6.62. The van der Waals surface area contributed by atoms with Gasteiger partial charge in [-0.05, 0) is 99.0 Å². The van der Waals surface area contributed by atoms with Crippen LogP contribution in [0.2, 0.25) is 0 Å². The predicted molar refractivity (Wildman–Crippen MR) is 175 cm³/mol. The lowest BCUT2D eigenvalue weighted by Gasteiger charge is -2.32. The third kappa shape index (κ3) is 9.42. The van der Waals surface area contributed by atoms with E-state index in [1.165, 1.54) is 24.3 Å². The van der Waals surface area contributed by atoms with Crippen molar-refractivity contribution in [3.8, 4) is 11.3 Å². The van der Waals surface area contributed by atoms with Crippen molar-refractivity contribution in [3.63, 3.8) is 0 Å². The normalized spacial score (nSPS) is 15.2. The van der Waals surface area contributed by atoms with Crippen molar-refractivity contribution in [3.05, 3.63) is 92.1 Å². The van der Waals surface area contributed by atoms with E-state index in [4.69, 9.17) is 18.8 Å². The summed E-state index contributed by atoms with van der Waals surface area (Å²) >= 11 is 0. The average molecular weight is 650 g/mol. The van der Waals surface area contributed by atoms with Crippen molar-refractivity contribution >= 4 is 35.9 Å². The first kappa shape index (κ1) is 36.8. The molecule has 1 aliphatic rings. The van der Waals surface area contributed by atoms with Crippen LogP contribution in [0.5, 0.6) is 0 Å². The maximum Gasteiger partial charge on any atom is 0.495 e. The first-order valence-corrected chi connectivity index (χ1v) is 14.8. The number of carbonyl (C=O) groups is 2. The van der Waals surface area contributed by atoms with Gasteiger partial charge in [0.1, 0.15) is 22.3 Å². The molecule has 0 aliphatic carbocycles. The number of hydrogen-bond donors (Lipinski definition) is 0. The van der Waals surface area contributed by atoms with Crippen molar-refractivity contribution in [2.45, 2.75) is 91.6 Å². The Morgan fingerprint density at radius 3 is 1.64 bits per heavy atom. The SMILES string of the molecule is CC(C)(C)OC(=O)c1ccc(-c2ccccn2)cc1[N+](=O)[O-].CC(C)(C)OC(=O)c1ccc(B2OC(C)(C)C(C)(C)O2)cc1[N+](=O)[O-]. The van der Waals surface area contributed by atoms with Crippen LogP contribution in [-0.2, 0) is 18.8 Å². The fourth-order valence-corrected chi connectivity index (χ4v) is 4.21. The first-order valence-electron chi connectivity index (χ1n) is 14.8. The molecule has 0 radical (unpaired) electrons. The maximum absolute atomic E-state index is 12.2. The summed E-state index contributed by atoms with van der Waals surface area (Å²) < 4.78 is 22.3. The minimum atomic E-state index is -0.741. The summed E-state index contributed by atoms with van der Waals surface area (Å²) in [5, 5.41) is 22.7. The number of ether oxygens (including phenoxy) is 2. The van der Waals surface area contributed by atoms with E-state index in [2.05, 4.69) is 4.98 Å². The van der Waals surface area contributed by atoms with Gasteiger partial charge < -0.3 is 18.8 Å². The largest absolute Gasteiger partial charge is 0.495 e. The van der Waals surface area contributed by atoms with E-state index in [-0.39, 0.29) is 22.5 Å². The summed E-state index contributed by atoms with van der Waals surface area (Å²) in [6, 6.07) is 13.9. The molecule has 47 heavy (non-hydrogen) atoms. The van der Waals surface area contributed by atoms with Gasteiger partial charge in [0, 0.05) is 23.9 Å². The average Bonchev–Trinajstić information content (AvgIpc) is 3.17. The van der Waals surface area contributed by atoms with Gasteiger partial charge in [-0.25, -0.2) is 9.59 Å². The van der Waals surface area contributed by atoms with Crippen molar-refractivity contribution in [2.24, 2.45) is 0 Å². The molecule has 250 valence electrons. The summed E-state index contributed by atoms with van der Waals surface area (Å²) in [5.41, 5.74) is -1.72. The number of aromatic nitrogens is 1. The molecule has 0 spiro atoms. The van der Waals surface area contributed by atoms with Gasteiger partial charge in [-0.1, -0.05) is 18.2 Å². The molecule has 0 bridgehead atoms. The Kier molecular flexibility index (Phi) is 10.6. The summed E-state index contributed by atoms with van der Waals surface area (Å²) in [4.78, 5) is 50.0. The third-order valence-corrected chi connectivity index (χ3v) is 7.14. The van der Waals surface area contributed by atoms with Crippen LogP contribution in [-0.4, -0.2) is 56.3 Å². The summed E-state index contributed by atoms with van der Waals surface area (Å²) in [6.45, 7) is 17.8. The lowest BCUT2D eigenvalue weighted by atomic mass is 9.78. The van der Waals surface area contributed by atoms with Crippen LogP contribution in [0.4, 0.5) is 11.4 Å². The fraction of sp³-hybridized carbons (Fsp3) is 0.424. The quantitative estimate of drug-likeness (QED) is 0.124. The molecular weight excluding hydrogens is 609 g/mol. The predicted octanol–water partition coefficient (Wildman–Crippen LogP) is 6.46. The summed E-state index contributed by atoms with van der Waals surface area (Å²) in [6.07, 6.45) is 1.60. The van der Waals surface area contributed by atoms with Crippen LogP contribution in [0.25, 0.3) is 11.3 Å². The number of pyridine rings is 1. The number of carbonyl (C=O) groups excluding carboxylic acids is 2. The van der Waals surface area contributed by atoms with Gasteiger partial charge in [0.15, 0.2) is 0 Å². The zero-order valence-corrected chi connectivity index (χ0v) is 28.3. The Hall–Kier alpha value is -4.69. The molecule has 0 amide bonds. The van der Waals surface area contributed by atoms with E-state index in [0.717, 1.165) is 0 Å². The second kappa shape index (κ2) is 13.6. The second-order valence-electron chi connectivity index (χ2n) is 13.8. The molecule has 14 heteroatoms. The molecule has 13 nitrogen and oxygen atoms in total. The van der Waals surface area contributed by atoms with Gasteiger partial charge >= 0.3 is 19.1 Å². The lowest BCUT2D eigenvalue weighted by molar-refractivity contribution is -0.385.